The minimum Gasteiger partial charge on any atom is -0.258 e. The van der Waals surface area contributed by atoms with Gasteiger partial charge in [-0.3, -0.25) is 5.10 Å². The van der Waals surface area contributed by atoms with Crippen LogP contribution in [0, 0.1) is 10.9 Å². The Labute approximate surface area is 95.6 Å². The van der Waals surface area contributed by atoms with Crippen LogP contribution in [-0.4, -0.2) is 10.2 Å². The van der Waals surface area contributed by atoms with Gasteiger partial charge in [-0.15, -0.1) is 0 Å². The Kier molecular flexibility index (Phi) is 2.67. The van der Waals surface area contributed by atoms with Gasteiger partial charge >= 0.3 is 0 Å². The minimum atomic E-state index is 0.677. The fourth-order valence-electron chi connectivity index (χ4n) is 1.08. The van der Waals surface area contributed by atoms with Gasteiger partial charge in [-0.2, -0.15) is 5.10 Å². The second kappa shape index (κ2) is 3.81. The number of hydrogen-bond acceptors (Lipinski definition) is 3. The molecule has 0 fully saturated rings. The average molecular weight is 243 g/mol. The average Bonchev–Trinajstić information content (AvgIpc) is 2.57. The molecule has 0 aliphatic rings. The lowest BCUT2D eigenvalue weighted by Gasteiger charge is -1.99. The fraction of sp³-hybridized carbons (Fsp3) is 0.111. The summed E-state index contributed by atoms with van der Waals surface area (Å²) in [5.74, 6) is 0. The van der Waals surface area contributed by atoms with Crippen molar-refractivity contribution < 1.29 is 0 Å². The summed E-state index contributed by atoms with van der Waals surface area (Å²) < 4.78 is 0.677. The van der Waals surface area contributed by atoms with Crippen molar-refractivity contribution in [2.24, 2.45) is 0 Å². The topological polar surface area (TPSA) is 28.7 Å². The second-order valence-electron chi connectivity index (χ2n) is 2.88. The van der Waals surface area contributed by atoms with Gasteiger partial charge in [-0.05, 0) is 30.8 Å². The maximum atomic E-state index is 6.01. The molecule has 1 aromatic carbocycles. The van der Waals surface area contributed by atoms with E-state index in [-0.39, 0.29) is 0 Å². The van der Waals surface area contributed by atoms with Crippen LogP contribution in [0.4, 0.5) is 0 Å². The zero-order chi connectivity index (χ0) is 10.1. The van der Waals surface area contributed by atoms with Gasteiger partial charge in [0, 0.05) is 10.6 Å². The molecule has 1 heterocycles. The first kappa shape index (κ1) is 9.83. The van der Waals surface area contributed by atoms with Gasteiger partial charge < -0.3 is 0 Å². The molecule has 2 aromatic rings. The van der Waals surface area contributed by atoms with Crippen LogP contribution >= 0.6 is 35.2 Å². The third-order valence-electron chi connectivity index (χ3n) is 1.86. The second-order valence-corrected chi connectivity index (χ2v) is 4.96. The van der Waals surface area contributed by atoms with Crippen LogP contribution < -0.4 is 0 Å². The Hall–Kier alpha value is -0.710. The summed E-state index contributed by atoms with van der Waals surface area (Å²) in [6.45, 7) is 1.97. The third kappa shape index (κ3) is 1.87. The van der Waals surface area contributed by atoms with Crippen LogP contribution in [0.3, 0.4) is 0 Å². The number of aryl methyl sites for hydroxylation is 1. The molecule has 1 N–H and O–H groups in total. The number of rotatable bonds is 1. The lowest BCUT2D eigenvalue weighted by molar-refractivity contribution is 1.08. The zero-order valence-electron chi connectivity index (χ0n) is 7.37. The van der Waals surface area contributed by atoms with Crippen LogP contribution in [-0.2, 0) is 0 Å². The summed E-state index contributed by atoms with van der Waals surface area (Å²) in [5, 5.41) is 8.45. The quantitative estimate of drug-likeness (QED) is 0.770. The van der Waals surface area contributed by atoms with Crippen molar-refractivity contribution in [1.82, 2.24) is 10.2 Å². The minimum absolute atomic E-state index is 0.677. The number of aromatic amines is 1. The van der Waals surface area contributed by atoms with Crippen molar-refractivity contribution in [2.45, 2.75) is 6.92 Å². The van der Waals surface area contributed by atoms with Crippen LogP contribution in [0.2, 0.25) is 5.02 Å². The van der Waals surface area contributed by atoms with Gasteiger partial charge in [0.1, 0.15) is 5.01 Å². The largest absolute Gasteiger partial charge is 0.258 e. The number of benzene rings is 1. The summed E-state index contributed by atoms with van der Waals surface area (Å²) >= 11 is 12.4. The molecular weight excluding hydrogens is 236 g/mol. The molecule has 0 saturated heterocycles. The van der Waals surface area contributed by atoms with Gasteiger partial charge in [-0.1, -0.05) is 35.1 Å². The highest BCUT2D eigenvalue weighted by molar-refractivity contribution is 7.73. The predicted octanol–water partition coefficient (Wildman–Crippen LogP) is 3.83. The molecule has 1 aromatic heterocycles. The van der Waals surface area contributed by atoms with E-state index in [2.05, 4.69) is 10.2 Å². The first-order valence-corrected chi connectivity index (χ1v) is 5.59. The number of aromatic nitrogens is 2. The van der Waals surface area contributed by atoms with Crippen molar-refractivity contribution in [3.63, 3.8) is 0 Å². The molecule has 0 saturated carbocycles. The number of nitrogens with one attached hydrogen (secondary N) is 1. The maximum Gasteiger partial charge on any atom is 0.176 e. The van der Waals surface area contributed by atoms with E-state index < -0.39 is 0 Å². The van der Waals surface area contributed by atoms with Crippen molar-refractivity contribution in [3.8, 4) is 10.6 Å². The van der Waals surface area contributed by atoms with Crippen LogP contribution in [0.15, 0.2) is 18.2 Å². The number of nitrogens with zero attached hydrogens (tertiary/aromatic N) is 1. The molecule has 0 bridgehead atoms. The van der Waals surface area contributed by atoms with Gasteiger partial charge in [0.05, 0.1) is 0 Å². The molecule has 72 valence electrons. The van der Waals surface area contributed by atoms with Crippen molar-refractivity contribution in [2.75, 3.05) is 0 Å². The lowest BCUT2D eigenvalue weighted by atomic mass is 10.2. The summed E-state index contributed by atoms with van der Waals surface area (Å²) in [6.07, 6.45) is 0. The van der Waals surface area contributed by atoms with Crippen molar-refractivity contribution in [1.29, 1.82) is 0 Å². The van der Waals surface area contributed by atoms with Crippen molar-refractivity contribution in [3.05, 3.63) is 32.7 Å². The van der Waals surface area contributed by atoms with E-state index >= 15 is 0 Å². The predicted molar refractivity (Wildman–Crippen MR) is 62.5 cm³/mol. The lowest BCUT2D eigenvalue weighted by Crippen LogP contribution is -1.79. The van der Waals surface area contributed by atoms with Gasteiger partial charge in [0.25, 0.3) is 0 Å². The van der Waals surface area contributed by atoms with Gasteiger partial charge in [0.2, 0.25) is 0 Å². The van der Waals surface area contributed by atoms with Gasteiger partial charge in [0.15, 0.2) is 3.95 Å². The number of hydrogen-bond donors (Lipinski definition) is 1. The fourth-order valence-corrected chi connectivity index (χ4v) is 2.15. The Bertz CT molecular complexity index is 516. The smallest absolute Gasteiger partial charge is 0.176 e. The van der Waals surface area contributed by atoms with E-state index in [4.69, 9.17) is 23.8 Å². The molecule has 0 radical (unpaired) electrons. The zero-order valence-corrected chi connectivity index (χ0v) is 9.76. The van der Waals surface area contributed by atoms with Crippen molar-refractivity contribution >= 4 is 35.2 Å². The molecule has 0 spiro atoms. The third-order valence-corrected chi connectivity index (χ3v) is 3.40. The van der Waals surface area contributed by atoms with Gasteiger partial charge in [-0.25, -0.2) is 0 Å². The van der Waals surface area contributed by atoms with Crippen LogP contribution in [0.1, 0.15) is 5.56 Å². The van der Waals surface area contributed by atoms with E-state index in [1.807, 2.05) is 25.1 Å². The first-order chi connectivity index (χ1) is 6.66. The normalized spacial score (nSPS) is 10.4. The monoisotopic (exact) mass is 242 g/mol. The highest BCUT2D eigenvalue weighted by Crippen LogP contribution is 2.26. The maximum absolute atomic E-state index is 6.01. The molecule has 5 heteroatoms. The molecule has 2 nitrogen and oxygen atoms in total. The van der Waals surface area contributed by atoms with Crippen LogP contribution in [0.5, 0.6) is 0 Å². The number of H-pyrrole nitrogens is 1. The molecule has 2 rings (SSSR count). The highest BCUT2D eigenvalue weighted by atomic mass is 35.5. The van der Waals surface area contributed by atoms with E-state index in [0.717, 1.165) is 21.2 Å². The Morgan fingerprint density at radius 1 is 1.50 bits per heavy atom. The SMILES string of the molecule is Cc1ccc(-c2n[nH]c(=S)s2)cc1Cl. The summed E-state index contributed by atoms with van der Waals surface area (Å²) in [7, 11) is 0. The Morgan fingerprint density at radius 2 is 2.29 bits per heavy atom. The van der Waals surface area contributed by atoms with E-state index in [1.54, 1.807) is 0 Å². The molecule has 0 aliphatic carbocycles. The molecule has 0 aliphatic heterocycles. The molecule has 0 amide bonds. The summed E-state index contributed by atoms with van der Waals surface area (Å²) in [5.41, 5.74) is 2.06. The molecular formula is C9H7ClN2S2. The van der Waals surface area contributed by atoms with E-state index in [1.165, 1.54) is 11.3 Å². The van der Waals surface area contributed by atoms with E-state index in [9.17, 15) is 0 Å². The summed E-state index contributed by atoms with van der Waals surface area (Å²) in [4.78, 5) is 0. The Morgan fingerprint density at radius 3 is 2.86 bits per heavy atom. The first-order valence-electron chi connectivity index (χ1n) is 3.99. The highest BCUT2D eigenvalue weighted by Gasteiger charge is 2.03. The summed E-state index contributed by atoms with van der Waals surface area (Å²) in [6, 6.07) is 5.86. The van der Waals surface area contributed by atoms with E-state index in [0.29, 0.717) is 3.95 Å². The molecule has 0 atom stereocenters. The molecule has 14 heavy (non-hydrogen) atoms. The number of halogens is 1. The van der Waals surface area contributed by atoms with Crippen LogP contribution in [0.25, 0.3) is 10.6 Å². The standard InChI is InChI=1S/C9H7ClN2S2/c1-5-2-3-6(4-7(5)10)8-11-12-9(13)14-8/h2-4H,1H3,(H,12,13). The molecule has 0 unspecified atom stereocenters. The Balaban J connectivity index is 2.52.